The molecule has 1 aliphatic rings. The largest absolute Gasteiger partial charge is 0.295 e. The number of fused-ring (bicyclic) bond motifs is 1. The van der Waals surface area contributed by atoms with Crippen LogP contribution in [0.15, 0.2) is 64.4 Å². The highest BCUT2D eigenvalue weighted by Crippen LogP contribution is 2.34. The van der Waals surface area contributed by atoms with E-state index >= 15 is 0 Å². The summed E-state index contributed by atoms with van der Waals surface area (Å²) in [6.07, 6.45) is 2.84. The number of H-pyrrole nitrogens is 1. The molecular formula is C23H25N3O. The van der Waals surface area contributed by atoms with Gasteiger partial charge in [0.2, 0.25) is 0 Å². The molecule has 0 spiro atoms. The van der Waals surface area contributed by atoms with Gasteiger partial charge >= 0.3 is 0 Å². The second-order valence-corrected chi connectivity index (χ2v) is 7.31. The number of aryl methyl sites for hydroxylation is 1. The third-order valence-electron chi connectivity index (χ3n) is 5.78. The molecule has 138 valence electrons. The summed E-state index contributed by atoms with van der Waals surface area (Å²) in [4.78, 5) is 18.5. The number of hydrogen-bond acceptors (Lipinski definition) is 2. The van der Waals surface area contributed by atoms with Crippen molar-refractivity contribution in [2.45, 2.75) is 45.6 Å². The summed E-state index contributed by atoms with van der Waals surface area (Å²) in [5.74, 6) is 0. The Morgan fingerprint density at radius 3 is 2.41 bits per heavy atom. The summed E-state index contributed by atoms with van der Waals surface area (Å²) in [6, 6.07) is 18.0. The number of aromatic amines is 1. The zero-order valence-corrected chi connectivity index (χ0v) is 16.1. The molecule has 2 aromatic carbocycles. The summed E-state index contributed by atoms with van der Waals surface area (Å²) in [6.45, 7) is 6.32. The van der Waals surface area contributed by atoms with Gasteiger partial charge in [-0.25, -0.2) is 4.68 Å². The van der Waals surface area contributed by atoms with Crippen LogP contribution in [0.2, 0.25) is 0 Å². The van der Waals surface area contributed by atoms with Crippen LogP contribution in [0.5, 0.6) is 0 Å². The van der Waals surface area contributed by atoms with Crippen LogP contribution in [0, 0.1) is 6.92 Å². The molecule has 0 unspecified atom stereocenters. The molecule has 0 saturated heterocycles. The van der Waals surface area contributed by atoms with Crippen molar-refractivity contribution in [3.63, 3.8) is 0 Å². The quantitative estimate of drug-likeness (QED) is 0.736. The van der Waals surface area contributed by atoms with Crippen LogP contribution in [-0.2, 0) is 6.42 Å². The molecule has 3 aromatic rings. The van der Waals surface area contributed by atoms with Gasteiger partial charge < -0.3 is 0 Å². The Hall–Kier alpha value is -2.88. The first-order valence-electron chi connectivity index (χ1n) is 9.64. The zero-order valence-electron chi connectivity index (χ0n) is 16.1. The average molecular weight is 359 g/mol. The monoisotopic (exact) mass is 359 g/mol. The topological polar surface area (TPSA) is 50.1 Å². The van der Waals surface area contributed by atoms with Crippen LogP contribution in [0.3, 0.4) is 0 Å². The maximum atomic E-state index is 13.3. The highest BCUT2D eigenvalue weighted by Gasteiger charge is 2.34. The van der Waals surface area contributed by atoms with Crippen LogP contribution < -0.4 is 5.56 Å². The lowest BCUT2D eigenvalue weighted by atomic mass is 9.80. The number of para-hydroxylation sites is 1. The molecule has 1 aliphatic heterocycles. The van der Waals surface area contributed by atoms with Gasteiger partial charge in [0.15, 0.2) is 0 Å². The fourth-order valence-corrected chi connectivity index (χ4v) is 4.03. The van der Waals surface area contributed by atoms with Gasteiger partial charge in [-0.15, -0.1) is 0 Å². The minimum absolute atomic E-state index is 0.0461. The van der Waals surface area contributed by atoms with Gasteiger partial charge in [0.05, 0.1) is 22.5 Å². The molecule has 1 N–H and O–H groups in total. The Kier molecular flexibility index (Phi) is 4.34. The Morgan fingerprint density at radius 1 is 1.04 bits per heavy atom. The zero-order chi connectivity index (χ0) is 19.0. The van der Waals surface area contributed by atoms with Crippen molar-refractivity contribution in [1.82, 2.24) is 9.78 Å². The Bertz CT molecular complexity index is 1050. The maximum Gasteiger partial charge on any atom is 0.280 e. The number of nitrogens with zero attached hydrogens (tertiary/aromatic N) is 2. The van der Waals surface area contributed by atoms with Gasteiger partial charge in [-0.1, -0.05) is 56.3 Å². The molecule has 0 fully saturated rings. The van der Waals surface area contributed by atoms with Crippen LogP contribution in [0.1, 0.15) is 49.1 Å². The number of benzene rings is 2. The molecular weight excluding hydrogens is 334 g/mol. The van der Waals surface area contributed by atoms with Crippen molar-refractivity contribution >= 4 is 5.71 Å². The molecule has 0 saturated carbocycles. The molecule has 2 heterocycles. The molecule has 27 heavy (non-hydrogen) atoms. The Labute approximate surface area is 159 Å². The van der Waals surface area contributed by atoms with Crippen LogP contribution >= 0.6 is 0 Å². The second-order valence-electron chi connectivity index (χ2n) is 7.31. The van der Waals surface area contributed by atoms with E-state index in [1.54, 1.807) is 4.68 Å². The van der Waals surface area contributed by atoms with Crippen LogP contribution in [-0.4, -0.2) is 21.0 Å². The normalized spacial score (nSPS) is 15.3. The fraction of sp³-hybridized carbons (Fsp3) is 0.304. The molecule has 0 radical (unpaired) electrons. The van der Waals surface area contributed by atoms with Crippen molar-refractivity contribution < 1.29 is 0 Å². The molecule has 0 amide bonds. The highest BCUT2D eigenvalue weighted by molar-refractivity contribution is 6.15. The summed E-state index contributed by atoms with van der Waals surface area (Å²) in [5, 5.41) is 3.24. The first kappa shape index (κ1) is 17.5. The van der Waals surface area contributed by atoms with Crippen LogP contribution in [0.4, 0.5) is 0 Å². The lowest BCUT2D eigenvalue weighted by Crippen LogP contribution is -2.36. The van der Waals surface area contributed by atoms with E-state index in [0.717, 1.165) is 41.9 Å². The summed E-state index contributed by atoms with van der Waals surface area (Å²) >= 11 is 0. The van der Waals surface area contributed by atoms with E-state index in [-0.39, 0.29) is 11.1 Å². The minimum Gasteiger partial charge on any atom is -0.295 e. The number of hydrogen-bond donors (Lipinski definition) is 1. The van der Waals surface area contributed by atoms with Crippen molar-refractivity contribution in [3.8, 4) is 5.69 Å². The summed E-state index contributed by atoms with van der Waals surface area (Å²) < 4.78 is 1.62. The van der Waals surface area contributed by atoms with E-state index < -0.39 is 0 Å². The van der Waals surface area contributed by atoms with E-state index in [4.69, 9.17) is 4.99 Å². The number of aromatic nitrogens is 2. The molecule has 1 aromatic heterocycles. The lowest BCUT2D eigenvalue weighted by Gasteiger charge is -2.34. The van der Waals surface area contributed by atoms with Gasteiger partial charge in [0.25, 0.3) is 5.56 Å². The van der Waals surface area contributed by atoms with E-state index in [9.17, 15) is 4.79 Å². The minimum atomic E-state index is -0.141. The lowest BCUT2D eigenvalue weighted by molar-refractivity contribution is 0.392. The Balaban J connectivity index is 1.96. The predicted molar refractivity (Wildman–Crippen MR) is 110 cm³/mol. The molecule has 4 rings (SSSR count). The second kappa shape index (κ2) is 6.69. The molecule has 4 heteroatoms. The predicted octanol–water partition coefficient (Wildman–Crippen LogP) is 4.43. The van der Waals surface area contributed by atoms with Crippen molar-refractivity contribution in [3.05, 3.63) is 87.3 Å². The van der Waals surface area contributed by atoms with E-state index in [2.05, 4.69) is 37.1 Å². The molecule has 0 aliphatic carbocycles. The number of aliphatic imine (C=N–C) groups is 1. The first-order valence-corrected chi connectivity index (χ1v) is 9.64. The van der Waals surface area contributed by atoms with Gasteiger partial charge in [-0.05, 0) is 43.9 Å². The van der Waals surface area contributed by atoms with E-state index in [1.165, 1.54) is 5.56 Å². The van der Waals surface area contributed by atoms with Gasteiger partial charge in [0, 0.05) is 11.3 Å². The van der Waals surface area contributed by atoms with Crippen molar-refractivity contribution in [1.29, 1.82) is 0 Å². The van der Waals surface area contributed by atoms with Crippen LogP contribution in [0.25, 0.3) is 5.69 Å². The Morgan fingerprint density at radius 2 is 1.70 bits per heavy atom. The highest BCUT2D eigenvalue weighted by atomic mass is 16.1. The third kappa shape index (κ3) is 2.85. The van der Waals surface area contributed by atoms with E-state index in [0.29, 0.717) is 5.56 Å². The smallest absolute Gasteiger partial charge is 0.280 e. The summed E-state index contributed by atoms with van der Waals surface area (Å²) in [5.41, 5.74) is 5.35. The SMILES string of the molecule is CCC1(CC)Cc2ccccc2C(c2c(C)[nH]n(-c3ccccc3)c2=O)=N1. The van der Waals surface area contributed by atoms with E-state index in [1.807, 2.05) is 43.3 Å². The first-order chi connectivity index (χ1) is 13.1. The van der Waals surface area contributed by atoms with Crippen molar-refractivity contribution in [2.75, 3.05) is 0 Å². The van der Waals surface area contributed by atoms with Crippen molar-refractivity contribution in [2.24, 2.45) is 4.99 Å². The maximum absolute atomic E-state index is 13.3. The van der Waals surface area contributed by atoms with Gasteiger partial charge in [0.1, 0.15) is 0 Å². The van der Waals surface area contributed by atoms with Gasteiger partial charge in [-0.3, -0.25) is 14.9 Å². The average Bonchev–Trinajstić information content (AvgIpc) is 3.01. The molecule has 0 bridgehead atoms. The molecule has 4 nitrogen and oxygen atoms in total. The fourth-order valence-electron chi connectivity index (χ4n) is 4.03. The number of rotatable bonds is 4. The number of nitrogens with one attached hydrogen (secondary N) is 1. The van der Waals surface area contributed by atoms with Gasteiger partial charge in [-0.2, -0.15) is 0 Å². The summed E-state index contributed by atoms with van der Waals surface area (Å²) in [7, 11) is 0. The standard InChI is InChI=1S/C23H25N3O/c1-4-23(5-2)15-17-11-9-10-14-19(17)21(24-23)20-16(3)25-26(22(20)27)18-12-7-6-8-13-18/h6-14,25H,4-5,15H2,1-3H3. The molecule has 0 atom stereocenters. The third-order valence-corrected chi connectivity index (χ3v) is 5.78.